The minimum atomic E-state index is -0.0591. The molecule has 0 saturated carbocycles. The van der Waals surface area contributed by atoms with Crippen LogP contribution in [0.5, 0.6) is 0 Å². The molecular weight excluding hydrogens is 176 g/mol. The molecule has 2 amide bonds. The monoisotopic (exact) mass is 188 g/mol. The number of urea groups is 1. The number of fused-ring (bicyclic) bond motifs is 1. The molecule has 14 heavy (non-hydrogen) atoms. The van der Waals surface area contributed by atoms with Crippen molar-refractivity contribution in [3.05, 3.63) is 48.0 Å². The Morgan fingerprint density at radius 1 is 1.36 bits per heavy atom. The molecule has 3 heteroatoms. The van der Waals surface area contributed by atoms with Crippen molar-refractivity contribution in [3.63, 3.8) is 0 Å². The lowest BCUT2D eigenvalue weighted by Gasteiger charge is -2.33. The fraction of sp³-hybridized carbons (Fsp3) is 0.182. The van der Waals surface area contributed by atoms with Crippen LogP contribution in [0.1, 0.15) is 6.92 Å². The van der Waals surface area contributed by atoms with E-state index >= 15 is 0 Å². The number of hydrogen-bond donors (Lipinski definition) is 0. The quantitative estimate of drug-likeness (QED) is 0.571. The second kappa shape index (κ2) is 2.87. The van der Waals surface area contributed by atoms with Gasteiger partial charge in [-0.15, -0.1) is 0 Å². The number of amides is 2. The first-order valence-corrected chi connectivity index (χ1v) is 4.43. The van der Waals surface area contributed by atoms with Crippen molar-refractivity contribution < 1.29 is 4.79 Å². The highest BCUT2D eigenvalue weighted by Gasteiger charge is 2.26. The van der Waals surface area contributed by atoms with E-state index in [1.807, 2.05) is 31.4 Å². The van der Waals surface area contributed by atoms with Crippen LogP contribution in [0.15, 0.2) is 48.0 Å². The number of likely N-dealkylation sites (N-methyl/N-ethyl adjacent to an activating group) is 1. The van der Waals surface area contributed by atoms with Gasteiger partial charge in [-0.2, -0.15) is 0 Å². The van der Waals surface area contributed by atoms with Crippen LogP contribution >= 0.6 is 0 Å². The molecule has 2 rings (SSSR count). The van der Waals surface area contributed by atoms with Gasteiger partial charge in [0.15, 0.2) is 0 Å². The lowest BCUT2D eigenvalue weighted by atomic mass is 10.1. The Balaban J connectivity index is 2.47. The van der Waals surface area contributed by atoms with Gasteiger partial charge in [0.1, 0.15) is 0 Å². The number of carbonyl (C=O) groups excluding carboxylic acids is 1. The van der Waals surface area contributed by atoms with Gasteiger partial charge in [0.25, 0.3) is 0 Å². The van der Waals surface area contributed by atoms with Gasteiger partial charge in [-0.1, -0.05) is 12.7 Å². The second-order valence-corrected chi connectivity index (χ2v) is 3.48. The second-order valence-electron chi connectivity index (χ2n) is 3.48. The van der Waals surface area contributed by atoms with Crippen LogP contribution in [0, 0.1) is 0 Å². The van der Waals surface area contributed by atoms with Gasteiger partial charge in [0.2, 0.25) is 0 Å². The maximum absolute atomic E-state index is 11.8. The van der Waals surface area contributed by atoms with Crippen molar-refractivity contribution in [1.82, 2.24) is 9.80 Å². The third-order valence-electron chi connectivity index (χ3n) is 2.37. The highest BCUT2D eigenvalue weighted by molar-refractivity contribution is 5.82. The summed E-state index contributed by atoms with van der Waals surface area (Å²) < 4.78 is 0. The molecule has 0 fully saturated rings. The van der Waals surface area contributed by atoms with E-state index in [4.69, 9.17) is 0 Å². The number of hydrogen-bond acceptors (Lipinski definition) is 1. The topological polar surface area (TPSA) is 23.6 Å². The van der Waals surface area contributed by atoms with Crippen LogP contribution in [0.4, 0.5) is 4.79 Å². The summed E-state index contributed by atoms with van der Waals surface area (Å²) in [4.78, 5) is 15.0. The van der Waals surface area contributed by atoms with E-state index in [1.54, 1.807) is 11.9 Å². The summed E-state index contributed by atoms with van der Waals surface area (Å²) in [5.74, 6) is 0. The highest BCUT2D eigenvalue weighted by Crippen LogP contribution is 2.25. The van der Waals surface area contributed by atoms with Crippen LogP contribution in [-0.4, -0.2) is 22.9 Å². The Labute approximate surface area is 83.3 Å². The first-order chi connectivity index (χ1) is 6.59. The summed E-state index contributed by atoms with van der Waals surface area (Å²) in [5.41, 5.74) is 2.67. The van der Waals surface area contributed by atoms with Gasteiger partial charge in [-0.05, 0) is 24.6 Å². The van der Waals surface area contributed by atoms with E-state index in [9.17, 15) is 4.79 Å². The van der Waals surface area contributed by atoms with Crippen LogP contribution in [0.3, 0.4) is 0 Å². The van der Waals surface area contributed by atoms with Crippen LogP contribution < -0.4 is 0 Å². The zero-order chi connectivity index (χ0) is 10.3. The summed E-state index contributed by atoms with van der Waals surface area (Å²) in [6, 6.07) is -0.0591. The van der Waals surface area contributed by atoms with Gasteiger partial charge in [-0.25, -0.2) is 4.79 Å². The maximum atomic E-state index is 11.8. The van der Waals surface area contributed by atoms with Crippen molar-refractivity contribution >= 4 is 6.03 Å². The molecule has 2 aliphatic heterocycles. The summed E-state index contributed by atoms with van der Waals surface area (Å²) in [6.45, 7) is 5.77. The third-order valence-corrected chi connectivity index (χ3v) is 2.37. The van der Waals surface area contributed by atoms with Crippen molar-refractivity contribution in [2.45, 2.75) is 6.92 Å². The molecule has 72 valence electrons. The molecule has 2 heterocycles. The zero-order valence-corrected chi connectivity index (χ0v) is 8.32. The van der Waals surface area contributed by atoms with Gasteiger partial charge in [-0.3, -0.25) is 9.80 Å². The van der Waals surface area contributed by atoms with E-state index < -0.39 is 0 Å². The normalized spacial score (nSPS) is 20.7. The molecular formula is C11H12N2O. The molecule has 0 unspecified atom stereocenters. The maximum Gasteiger partial charge on any atom is 0.332 e. The van der Waals surface area contributed by atoms with Crippen molar-refractivity contribution in [2.24, 2.45) is 0 Å². The van der Waals surface area contributed by atoms with Crippen LogP contribution in [0.2, 0.25) is 0 Å². The lowest BCUT2D eigenvalue weighted by Crippen LogP contribution is -2.40. The minimum Gasteiger partial charge on any atom is -0.297 e. The molecule has 0 saturated heterocycles. The lowest BCUT2D eigenvalue weighted by molar-refractivity contribution is 0.197. The molecule has 3 nitrogen and oxygen atoms in total. The van der Waals surface area contributed by atoms with Crippen LogP contribution in [-0.2, 0) is 0 Å². The van der Waals surface area contributed by atoms with Gasteiger partial charge < -0.3 is 0 Å². The summed E-state index contributed by atoms with van der Waals surface area (Å²) in [7, 11) is 1.72. The average molecular weight is 188 g/mol. The fourth-order valence-electron chi connectivity index (χ4n) is 1.45. The van der Waals surface area contributed by atoms with Gasteiger partial charge in [0.05, 0.1) is 5.70 Å². The molecule has 2 aliphatic rings. The Bertz CT molecular complexity index is 402. The van der Waals surface area contributed by atoms with Crippen molar-refractivity contribution in [2.75, 3.05) is 7.05 Å². The smallest absolute Gasteiger partial charge is 0.297 e. The Morgan fingerprint density at radius 3 is 2.79 bits per heavy atom. The molecule has 0 atom stereocenters. The summed E-state index contributed by atoms with van der Waals surface area (Å²) >= 11 is 0. The molecule has 0 aliphatic carbocycles. The molecule has 0 spiro atoms. The van der Waals surface area contributed by atoms with Crippen molar-refractivity contribution in [1.29, 1.82) is 0 Å². The summed E-state index contributed by atoms with van der Waals surface area (Å²) in [6.07, 6.45) is 7.62. The van der Waals surface area contributed by atoms with Gasteiger partial charge >= 0.3 is 6.03 Å². The van der Waals surface area contributed by atoms with E-state index in [0.29, 0.717) is 0 Å². The molecule has 0 bridgehead atoms. The highest BCUT2D eigenvalue weighted by atomic mass is 16.2. The van der Waals surface area contributed by atoms with Gasteiger partial charge in [0, 0.05) is 18.9 Å². The van der Waals surface area contributed by atoms with Crippen molar-refractivity contribution in [3.8, 4) is 0 Å². The Hall–Kier alpha value is -1.77. The first kappa shape index (κ1) is 8.81. The predicted octanol–water partition coefficient (Wildman–Crippen LogP) is 2.23. The van der Waals surface area contributed by atoms with E-state index in [0.717, 1.165) is 17.0 Å². The third kappa shape index (κ3) is 1.18. The van der Waals surface area contributed by atoms with Crippen LogP contribution in [0.25, 0.3) is 0 Å². The minimum absolute atomic E-state index is 0.0591. The fourth-order valence-corrected chi connectivity index (χ4v) is 1.45. The largest absolute Gasteiger partial charge is 0.332 e. The Morgan fingerprint density at radius 2 is 2.07 bits per heavy atom. The molecule has 0 aromatic carbocycles. The summed E-state index contributed by atoms with van der Waals surface area (Å²) in [5, 5.41) is 0. The predicted molar refractivity (Wildman–Crippen MR) is 55.1 cm³/mol. The molecule has 0 N–H and O–H groups in total. The SMILES string of the molecule is C=C1C=C2C=CC(C)=CN2C(=O)N1C. The molecule has 0 aromatic rings. The zero-order valence-electron chi connectivity index (χ0n) is 8.32. The van der Waals surface area contributed by atoms with E-state index in [2.05, 4.69) is 6.58 Å². The number of allylic oxidation sites excluding steroid dienone is 4. The molecule has 0 aromatic heterocycles. The standard InChI is InChI=1S/C11H12N2O/c1-8-4-5-10-6-9(2)12(3)11(14)13(10)7-8/h4-7H,2H2,1,3H3. The molecule has 0 radical (unpaired) electrons. The average Bonchev–Trinajstić information content (AvgIpc) is 2.16. The van der Waals surface area contributed by atoms with E-state index in [1.165, 1.54) is 4.90 Å². The number of carbonyl (C=O) groups is 1. The number of nitrogens with zero attached hydrogens (tertiary/aromatic N) is 2. The Kier molecular flexibility index (Phi) is 1.81. The number of rotatable bonds is 0. The first-order valence-electron chi connectivity index (χ1n) is 4.43. The van der Waals surface area contributed by atoms with E-state index in [-0.39, 0.29) is 6.03 Å².